The Balaban J connectivity index is 2.75. The van der Waals surface area contributed by atoms with Gasteiger partial charge in [-0.05, 0) is 37.6 Å². The average Bonchev–Trinajstić information content (AvgIpc) is 2.37. The van der Waals surface area contributed by atoms with Crippen LogP contribution in [0.4, 0.5) is 4.39 Å². The quantitative estimate of drug-likeness (QED) is 0.364. The first-order chi connectivity index (χ1) is 8.93. The molecule has 0 heterocycles. The lowest BCUT2D eigenvalue weighted by Crippen LogP contribution is -2.33. The van der Waals surface area contributed by atoms with Gasteiger partial charge in [0.25, 0.3) is 0 Å². The largest absolute Gasteiger partial charge is 0.409 e. The highest BCUT2D eigenvalue weighted by Gasteiger charge is 2.13. The number of benzene rings is 1. The van der Waals surface area contributed by atoms with Gasteiger partial charge in [0.1, 0.15) is 11.7 Å². The molecule has 0 amide bonds. The van der Waals surface area contributed by atoms with Gasteiger partial charge in [0.15, 0.2) is 0 Å². The molecule has 3 N–H and O–H groups in total. The molecule has 0 atom stereocenters. The molecule has 0 bridgehead atoms. The number of hydrogen-bond donors (Lipinski definition) is 2. The summed E-state index contributed by atoms with van der Waals surface area (Å²) in [6.45, 7) is 5.37. The molecule has 0 aliphatic rings. The van der Waals surface area contributed by atoms with Gasteiger partial charge in [-0.3, -0.25) is 4.90 Å². The van der Waals surface area contributed by atoms with E-state index in [1.54, 1.807) is 6.07 Å². The Morgan fingerprint density at radius 1 is 1.53 bits per heavy atom. The van der Waals surface area contributed by atoms with Gasteiger partial charge in [-0.1, -0.05) is 21.1 Å². The number of hydrogen-bond acceptors (Lipinski definition) is 3. The topological polar surface area (TPSA) is 61.8 Å². The summed E-state index contributed by atoms with van der Waals surface area (Å²) in [4.78, 5) is 2.14. The van der Waals surface area contributed by atoms with E-state index in [0.717, 1.165) is 10.0 Å². The van der Waals surface area contributed by atoms with Crippen molar-refractivity contribution in [2.24, 2.45) is 10.9 Å². The Morgan fingerprint density at radius 3 is 2.79 bits per heavy atom. The second kappa shape index (κ2) is 7.45. The summed E-state index contributed by atoms with van der Waals surface area (Å²) in [5.74, 6) is -0.0534. The molecule has 6 heteroatoms. The van der Waals surface area contributed by atoms with Crippen LogP contribution in [0, 0.1) is 5.82 Å². The number of amidine groups is 1. The average molecular weight is 332 g/mol. The zero-order chi connectivity index (χ0) is 14.4. The lowest BCUT2D eigenvalue weighted by atomic mass is 10.1. The fourth-order valence-corrected chi connectivity index (χ4v) is 2.08. The summed E-state index contributed by atoms with van der Waals surface area (Å²) in [6.07, 6.45) is 0.474. The molecule has 4 nitrogen and oxygen atoms in total. The number of rotatable bonds is 6. The van der Waals surface area contributed by atoms with Gasteiger partial charge < -0.3 is 10.9 Å². The Labute approximate surface area is 121 Å². The van der Waals surface area contributed by atoms with E-state index < -0.39 is 0 Å². The van der Waals surface area contributed by atoms with Gasteiger partial charge >= 0.3 is 0 Å². The maximum absolute atomic E-state index is 13.3. The summed E-state index contributed by atoms with van der Waals surface area (Å²) in [5, 5.41) is 11.5. The molecule has 0 aromatic heterocycles. The van der Waals surface area contributed by atoms with Crippen LogP contribution in [0.1, 0.15) is 25.8 Å². The van der Waals surface area contributed by atoms with E-state index in [9.17, 15) is 4.39 Å². The van der Waals surface area contributed by atoms with Crippen molar-refractivity contribution in [3.05, 3.63) is 34.1 Å². The maximum atomic E-state index is 13.3. The molecule has 1 rings (SSSR count). The highest BCUT2D eigenvalue weighted by Crippen LogP contribution is 2.20. The van der Waals surface area contributed by atoms with Crippen LogP contribution in [0.3, 0.4) is 0 Å². The van der Waals surface area contributed by atoms with Crippen LogP contribution in [-0.4, -0.2) is 28.5 Å². The van der Waals surface area contributed by atoms with Gasteiger partial charge in [0.2, 0.25) is 0 Å². The first-order valence-corrected chi connectivity index (χ1v) is 6.87. The van der Waals surface area contributed by atoms with Gasteiger partial charge in [-0.15, -0.1) is 0 Å². The highest BCUT2D eigenvalue weighted by molar-refractivity contribution is 9.10. The van der Waals surface area contributed by atoms with Crippen LogP contribution in [-0.2, 0) is 6.54 Å². The van der Waals surface area contributed by atoms with Crippen LogP contribution < -0.4 is 5.73 Å². The van der Waals surface area contributed by atoms with Crippen molar-refractivity contribution in [1.82, 2.24) is 4.90 Å². The minimum absolute atomic E-state index is 0.198. The van der Waals surface area contributed by atoms with E-state index in [1.165, 1.54) is 12.1 Å². The summed E-state index contributed by atoms with van der Waals surface area (Å²) in [6, 6.07) is 4.92. The number of nitrogens with zero attached hydrogens (tertiary/aromatic N) is 2. The Hall–Kier alpha value is -1.14. The van der Waals surface area contributed by atoms with Crippen LogP contribution in [0.2, 0.25) is 0 Å². The third-order valence-corrected chi connectivity index (χ3v) is 3.67. The molecular formula is C13H19BrFN3O. The van der Waals surface area contributed by atoms with E-state index in [4.69, 9.17) is 10.9 Å². The minimum Gasteiger partial charge on any atom is -0.409 e. The van der Waals surface area contributed by atoms with E-state index >= 15 is 0 Å². The molecule has 0 unspecified atom stereocenters. The molecule has 0 saturated heterocycles. The van der Waals surface area contributed by atoms with Crippen molar-refractivity contribution < 1.29 is 9.60 Å². The standard InChI is InChI=1S/C13H19BrFN3O/c1-9(2)18(6-5-13(16)17-19)8-10-7-11(15)3-4-12(10)14/h3-4,7,9,19H,5-6,8H2,1-2H3,(H2,16,17). The van der Waals surface area contributed by atoms with Crippen molar-refractivity contribution in [2.45, 2.75) is 32.9 Å². The molecule has 0 saturated carbocycles. The Morgan fingerprint density at radius 2 is 2.21 bits per heavy atom. The number of nitrogens with two attached hydrogens (primary N) is 1. The zero-order valence-corrected chi connectivity index (χ0v) is 12.7. The molecular weight excluding hydrogens is 313 g/mol. The van der Waals surface area contributed by atoms with Crippen molar-refractivity contribution in [3.8, 4) is 0 Å². The molecule has 19 heavy (non-hydrogen) atoms. The third kappa shape index (κ3) is 5.16. The molecule has 106 valence electrons. The fourth-order valence-electron chi connectivity index (χ4n) is 1.71. The predicted octanol–water partition coefficient (Wildman–Crippen LogP) is 2.94. The van der Waals surface area contributed by atoms with Gasteiger partial charge in [0.05, 0.1) is 0 Å². The van der Waals surface area contributed by atoms with Crippen LogP contribution in [0.25, 0.3) is 0 Å². The lowest BCUT2D eigenvalue weighted by molar-refractivity contribution is 0.217. The van der Waals surface area contributed by atoms with E-state index in [2.05, 4.69) is 39.8 Å². The summed E-state index contributed by atoms with van der Waals surface area (Å²) in [7, 11) is 0. The van der Waals surface area contributed by atoms with Gasteiger partial charge in [0, 0.05) is 30.0 Å². The normalized spacial score (nSPS) is 12.4. The highest BCUT2D eigenvalue weighted by atomic mass is 79.9. The maximum Gasteiger partial charge on any atom is 0.140 e. The summed E-state index contributed by atoms with van der Waals surface area (Å²) < 4.78 is 14.1. The SMILES string of the molecule is CC(C)N(CC/C(N)=N/O)Cc1cc(F)ccc1Br. The first-order valence-electron chi connectivity index (χ1n) is 6.08. The van der Waals surface area contributed by atoms with Crippen LogP contribution in [0.5, 0.6) is 0 Å². The molecule has 1 aromatic carbocycles. The zero-order valence-electron chi connectivity index (χ0n) is 11.1. The van der Waals surface area contributed by atoms with E-state index in [1.807, 2.05) is 0 Å². The predicted molar refractivity (Wildman–Crippen MR) is 77.7 cm³/mol. The van der Waals surface area contributed by atoms with Crippen molar-refractivity contribution in [3.63, 3.8) is 0 Å². The number of halogens is 2. The van der Waals surface area contributed by atoms with Crippen LogP contribution in [0.15, 0.2) is 27.8 Å². The summed E-state index contributed by atoms with van der Waals surface area (Å²) in [5.41, 5.74) is 6.36. The monoisotopic (exact) mass is 331 g/mol. The van der Waals surface area contributed by atoms with Gasteiger partial charge in [-0.2, -0.15) is 0 Å². The molecule has 0 aliphatic heterocycles. The van der Waals surface area contributed by atoms with Crippen LogP contribution >= 0.6 is 15.9 Å². The third-order valence-electron chi connectivity index (χ3n) is 2.90. The van der Waals surface area contributed by atoms with Crippen molar-refractivity contribution in [1.29, 1.82) is 0 Å². The fraction of sp³-hybridized carbons (Fsp3) is 0.462. The summed E-state index contributed by atoms with van der Waals surface area (Å²) >= 11 is 3.42. The Bertz CT molecular complexity index is 452. The minimum atomic E-state index is -0.252. The second-order valence-corrected chi connectivity index (χ2v) is 5.50. The molecule has 0 spiro atoms. The van der Waals surface area contributed by atoms with Crippen molar-refractivity contribution in [2.75, 3.05) is 6.54 Å². The lowest BCUT2D eigenvalue weighted by Gasteiger charge is -2.26. The molecule has 0 radical (unpaired) electrons. The van der Waals surface area contributed by atoms with Crippen molar-refractivity contribution >= 4 is 21.8 Å². The first kappa shape index (κ1) is 15.9. The van der Waals surface area contributed by atoms with Gasteiger partial charge in [-0.25, -0.2) is 4.39 Å². The molecule has 0 fully saturated rings. The number of oxime groups is 1. The molecule has 1 aromatic rings. The van der Waals surface area contributed by atoms with E-state index in [0.29, 0.717) is 19.5 Å². The Kier molecular flexibility index (Phi) is 6.24. The smallest absolute Gasteiger partial charge is 0.140 e. The van der Waals surface area contributed by atoms with E-state index in [-0.39, 0.29) is 17.7 Å². The molecule has 0 aliphatic carbocycles. The second-order valence-electron chi connectivity index (χ2n) is 4.64.